The molecule has 0 bridgehead atoms. The van der Waals surface area contributed by atoms with Crippen molar-refractivity contribution < 1.29 is 22.7 Å². The maximum atomic E-state index is 12.5. The predicted molar refractivity (Wildman–Crippen MR) is 84.2 cm³/mol. The average Bonchev–Trinajstić information content (AvgIpc) is 3.00. The Kier molecular flexibility index (Phi) is 5.76. The zero-order valence-electron chi connectivity index (χ0n) is 13.1. The Balaban J connectivity index is 2.06. The number of anilines is 1. The van der Waals surface area contributed by atoms with Crippen molar-refractivity contribution in [2.24, 2.45) is 0 Å². The van der Waals surface area contributed by atoms with Gasteiger partial charge in [0.15, 0.2) is 6.61 Å². The van der Waals surface area contributed by atoms with Gasteiger partial charge in [-0.05, 0) is 25.0 Å². The van der Waals surface area contributed by atoms with Crippen molar-refractivity contribution >= 4 is 22.9 Å². The second kappa shape index (κ2) is 7.61. The number of benzene rings is 1. The van der Waals surface area contributed by atoms with E-state index in [2.05, 4.69) is 10.2 Å². The zero-order chi connectivity index (χ0) is 17.7. The fraction of sp³-hybridized carbons (Fsp3) is 0.400. The Morgan fingerprint density at radius 2 is 2.00 bits per heavy atom. The van der Waals surface area contributed by atoms with Gasteiger partial charge in [-0.25, -0.2) is 0 Å². The number of rotatable bonds is 6. The van der Waals surface area contributed by atoms with E-state index >= 15 is 0 Å². The van der Waals surface area contributed by atoms with E-state index < -0.39 is 17.8 Å². The minimum atomic E-state index is -4.57. The van der Waals surface area contributed by atoms with Crippen LogP contribution in [0.5, 0.6) is 5.19 Å². The van der Waals surface area contributed by atoms with Crippen LogP contribution in [0, 0.1) is 6.92 Å². The molecule has 9 heteroatoms. The topological polar surface area (TPSA) is 55.3 Å². The highest BCUT2D eigenvalue weighted by Gasteiger charge is 2.36. The first-order valence-corrected chi connectivity index (χ1v) is 8.04. The number of carbonyl (C=O) groups excluding carboxylic acids is 1. The molecule has 2 rings (SSSR count). The Bertz CT molecular complexity index is 703. The predicted octanol–water partition coefficient (Wildman–Crippen LogP) is 3.69. The van der Waals surface area contributed by atoms with Crippen LogP contribution in [0.3, 0.4) is 0 Å². The molecule has 0 spiro atoms. The largest absolute Gasteiger partial charge is 0.459 e. The highest BCUT2D eigenvalue weighted by atomic mass is 32.1. The molecule has 1 heterocycles. The highest BCUT2D eigenvalue weighted by Crippen LogP contribution is 2.33. The van der Waals surface area contributed by atoms with Crippen molar-refractivity contribution in [1.82, 2.24) is 10.2 Å². The van der Waals surface area contributed by atoms with Crippen LogP contribution in [-0.2, 0) is 11.0 Å². The molecule has 1 aromatic heterocycles. The molecule has 0 fully saturated rings. The molecule has 1 amide bonds. The van der Waals surface area contributed by atoms with Gasteiger partial charge in [-0.3, -0.25) is 4.79 Å². The van der Waals surface area contributed by atoms with Gasteiger partial charge >= 0.3 is 6.18 Å². The number of aryl methyl sites for hydroxylation is 1. The molecule has 0 atom stereocenters. The van der Waals surface area contributed by atoms with Gasteiger partial charge in [0, 0.05) is 12.2 Å². The van der Waals surface area contributed by atoms with E-state index in [1.165, 1.54) is 0 Å². The number of carbonyl (C=O) groups is 1. The molecule has 0 aliphatic carbocycles. The molecule has 2 aromatic rings. The summed E-state index contributed by atoms with van der Waals surface area (Å²) in [5.41, 5.74) is 1.68. The van der Waals surface area contributed by atoms with Crippen LogP contribution < -0.4 is 9.64 Å². The maximum Gasteiger partial charge on any atom is 0.445 e. The molecule has 0 saturated carbocycles. The lowest BCUT2D eigenvalue weighted by molar-refractivity contribution is -0.138. The highest BCUT2D eigenvalue weighted by molar-refractivity contribution is 7.13. The van der Waals surface area contributed by atoms with E-state index in [-0.39, 0.29) is 22.4 Å². The van der Waals surface area contributed by atoms with E-state index in [9.17, 15) is 18.0 Å². The van der Waals surface area contributed by atoms with E-state index in [1.807, 2.05) is 38.1 Å². The third-order valence-electron chi connectivity index (χ3n) is 3.12. The molecule has 130 valence electrons. The van der Waals surface area contributed by atoms with Gasteiger partial charge < -0.3 is 9.64 Å². The lowest BCUT2D eigenvalue weighted by Crippen LogP contribution is -2.36. The van der Waals surface area contributed by atoms with Crippen LogP contribution in [0.25, 0.3) is 0 Å². The Morgan fingerprint density at radius 3 is 2.58 bits per heavy atom. The Labute approximate surface area is 141 Å². The first-order valence-electron chi connectivity index (χ1n) is 7.22. The number of ether oxygens (including phenoxy) is 1. The fourth-order valence-electron chi connectivity index (χ4n) is 2.05. The number of hydrogen-bond donors (Lipinski definition) is 0. The van der Waals surface area contributed by atoms with Gasteiger partial charge in [-0.2, -0.15) is 13.2 Å². The summed E-state index contributed by atoms with van der Waals surface area (Å²) in [4.78, 5) is 14.0. The summed E-state index contributed by atoms with van der Waals surface area (Å²) in [5.74, 6) is -0.352. The minimum Gasteiger partial charge on any atom is -0.459 e. The normalized spacial score (nSPS) is 11.4. The summed E-state index contributed by atoms with van der Waals surface area (Å²) < 4.78 is 42.5. The smallest absolute Gasteiger partial charge is 0.445 e. The van der Waals surface area contributed by atoms with Crippen molar-refractivity contribution in [3.63, 3.8) is 0 Å². The van der Waals surface area contributed by atoms with Crippen molar-refractivity contribution in [2.75, 3.05) is 18.1 Å². The molecular weight excluding hydrogens is 343 g/mol. The molecule has 0 unspecified atom stereocenters. The summed E-state index contributed by atoms with van der Waals surface area (Å²) in [6.07, 6.45) is -3.84. The van der Waals surface area contributed by atoms with Crippen LogP contribution in [0.1, 0.15) is 23.9 Å². The van der Waals surface area contributed by atoms with Gasteiger partial charge in [0.1, 0.15) is 0 Å². The third kappa shape index (κ3) is 4.44. The molecule has 0 N–H and O–H groups in total. The van der Waals surface area contributed by atoms with E-state index in [0.29, 0.717) is 6.54 Å². The standard InChI is InChI=1S/C15H16F3N3O2S/c1-3-8-21(11-7-5-4-6-10(11)2)12(22)9-23-14-20-19-13(24-14)15(16,17)18/h4-7H,3,8-9H2,1-2H3. The monoisotopic (exact) mass is 359 g/mol. The molecule has 24 heavy (non-hydrogen) atoms. The Hall–Kier alpha value is -2.16. The summed E-state index contributed by atoms with van der Waals surface area (Å²) in [7, 11) is 0. The van der Waals surface area contributed by atoms with Gasteiger partial charge in [0.25, 0.3) is 11.1 Å². The fourth-order valence-corrected chi connectivity index (χ4v) is 2.62. The van der Waals surface area contributed by atoms with Crippen molar-refractivity contribution in [3.05, 3.63) is 34.8 Å². The molecule has 0 radical (unpaired) electrons. The van der Waals surface area contributed by atoms with E-state index in [1.54, 1.807) is 4.90 Å². The quantitative estimate of drug-likeness (QED) is 0.789. The van der Waals surface area contributed by atoms with Gasteiger partial charge in [-0.1, -0.05) is 41.6 Å². The molecular formula is C15H16F3N3O2S. The van der Waals surface area contributed by atoms with Crippen LogP contribution in [0.15, 0.2) is 24.3 Å². The second-order valence-corrected chi connectivity index (χ2v) is 5.93. The zero-order valence-corrected chi connectivity index (χ0v) is 13.9. The number of nitrogens with zero attached hydrogens (tertiary/aromatic N) is 3. The van der Waals surface area contributed by atoms with Crippen molar-refractivity contribution in [3.8, 4) is 5.19 Å². The second-order valence-electron chi connectivity index (χ2n) is 4.99. The van der Waals surface area contributed by atoms with Gasteiger partial charge in [0.05, 0.1) is 0 Å². The van der Waals surface area contributed by atoms with Gasteiger partial charge in [-0.15, -0.1) is 5.10 Å². The average molecular weight is 359 g/mol. The summed E-state index contributed by atoms with van der Waals surface area (Å²) in [6.45, 7) is 3.89. The Morgan fingerprint density at radius 1 is 1.29 bits per heavy atom. The van der Waals surface area contributed by atoms with Crippen molar-refractivity contribution in [1.29, 1.82) is 0 Å². The summed E-state index contributed by atoms with van der Waals surface area (Å²) >= 11 is 0.266. The van der Waals surface area contributed by atoms with Gasteiger partial charge in [0.2, 0.25) is 5.01 Å². The van der Waals surface area contributed by atoms with E-state index in [4.69, 9.17) is 4.74 Å². The lowest BCUT2D eigenvalue weighted by Gasteiger charge is -2.23. The van der Waals surface area contributed by atoms with Crippen LogP contribution in [0.2, 0.25) is 0 Å². The number of alkyl halides is 3. The number of amides is 1. The lowest BCUT2D eigenvalue weighted by atomic mass is 10.1. The molecule has 0 aliphatic rings. The first-order chi connectivity index (χ1) is 11.3. The number of para-hydroxylation sites is 1. The molecule has 1 aromatic carbocycles. The first kappa shape index (κ1) is 18.2. The molecule has 0 aliphatic heterocycles. The van der Waals surface area contributed by atoms with Crippen LogP contribution >= 0.6 is 11.3 Å². The summed E-state index contributed by atoms with van der Waals surface area (Å²) in [5, 5.41) is 4.94. The number of halogens is 3. The number of aromatic nitrogens is 2. The van der Waals surface area contributed by atoms with Crippen LogP contribution in [0.4, 0.5) is 18.9 Å². The van der Waals surface area contributed by atoms with Crippen LogP contribution in [-0.4, -0.2) is 29.3 Å². The third-order valence-corrected chi connectivity index (χ3v) is 4.00. The SMILES string of the molecule is CCCN(C(=O)COc1nnc(C(F)(F)F)s1)c1ccccc1C. The molecule has 0 saturated heterocycles. The maximum absolute atomic E-state index is 12.5. The molecule has 5 nitrogen and oxygen atoms in total. The minimum absolute atomic E-state index is 0.266. The van der Waals surface area contributed by atoms with E-state index in [0.717, 1.165) is 17.7 Å². The summed E-state index contributed by atoms with van der Waals surface area (Å²) in [6, 6.07) is 7.38. The van der Waals surface area contributed by atoms with Crippen molar-refractivity contribution in [2.45, 2.75) is 26.4 Å². The number of hydrogen-bond acceptors (Lipinski definition) is 5.